The molecule has 1 aliphatic carbocycles. The number of benzene rings is 1. The third kappa shape index (κ3) is 2.30. The second-order valence-electron chi connectivity index (χ2n) is 4.54. The summed E-state index contributed by atoms with van der Waals surface area (Å²) in [6.07, 6.45) is 3.58. The van der Waals surface area contributed by atoms with E-state index in [2.05, 4.69) is 10.1 Å². The summed E-state index contributed by atoms with van der Waals surface area (Å²) in [6.45, 7) is 0.281. The quantitative estimate of drug-likeness (QED) is 0.838. The van der Waals surface area contributed by atoms with E-state index in [1.165, 1.54) is 6.42 Å². The van der Waals surface area contributed by atoms with Crippen molar-refractivity contribution < 1.29 is 9.26 Å². The molecule has 94 valence electrons. The van der Waals surface area contributed by atoms with Gasteiger partial charge >= 0.3 is 0 Å². The molecule has 1 saturated carbocycles. The van der Waals surface area contributed by atoms with Crippen molar-refractivity contribution in [3.8, 4) is 5.75 Å². The Morgan fingerprint density at radius 1 is 1.39 bits per heavy atom. The zero-order valence-electron chi connectivity index (χ0n) is 10.0. The minimum absolute atomic E-state index is 0.281. The summed E-state index contributed by atoms with van der Waals surface area (Å²) in [7, 11) is 0. The van der Waals surface area contributed by atoms with Crippen LogP contribution in [0.2, 0.25) is 0 Å². The van der Waals surface area contributed by atoms with Gasteiger partial charge in [-0.15, -0.1) is 0 Å². The van der Waals surface area contributed by atoms with Crippen molar-refractivity contribution in [1.82, 2.24) is 10.1 Å². The van der Waals surface area contributed by atoms with Gasteiger partial charge in [0.05, 0.1) is 0 Å². The van der Waals surface area contributed by atoms with Crippen LogP contribution in [0.1, 0.15) is 36.9 Å². The first-order valence-electron chi connectivity index (χ1n) is 6.12. The molecule has 0 unspecified atom stereocenters. The highest BCUT2D eigenvalue weighted by Gasteiger charge is 2.24. The largest absolute Gasteiger partial charge is 0.484 e. The van der Waals surface area contributed by atoms with Gasteiger partial charge in [-0.1, -0.05) is 17.6 Å². The molecule has 1 fully saturated rings. The van der Waals surface area contributed by atoms with E-state index in [-0.39, 0.29) is 6.61 Å². The molecule has 2 N–H and O–H groups in total. The van der Waals surface area contributed by atoms with E-state index in [1.807, 2.05) is 18.2 Å². The highest BCUT2D eigenvalue weighted by atomic mass is 16.5. The van der Waals surface area contributed by atoms with Crippen LogP contribution in [0.5, 0.6) is 5.75 Å². The Bertz CT molecular complexity index is 535. The molecule has 5 nitrogen and oxygen atoms in total. The average molecular weight is 245 g/mol. The van der Waals surface area contributed by atoms with Crippen molar-refractivity contribution in [2.75, 3.05) is 5.73 Å². The molecular weight excluding hydrogens is 230 g/mol. The summed E-state index contributed by atoms with van der Waals surface area (Å²) >= 11 is 0. The molecule has 0 spiro atoms. The standard InChI is InChI=1S/C13H15N3O2/c14-10-5-2-6-11(7-10)17-8-12-15-13(16-18-12)9-3-1-4-9/h2,5-7,9H,1,3-4,8,14H2. The number of hydrogen-bond donors (Lipinski definition) is 1. The monoisotopic (exact) mass is 245 g/mol. The number of hydrogen-bond acceptors (Lipinski definition) is 5. The molecule has 0 aliphatic heterocycles. The molecule has 18 heavy (non-hydrogen) atoms. The molecular formula is C13H15N3O2. The maximum atomic E-state index is 5.67. The SMILES string of the molecule is Nc1cccc(OCc2nc(C3CCC3)no2)c1. The fourth-order valence-corrected chi connectivity index (χ4v) is 1.91. The molecule has 0 saturated heterocycles. The van der Waals surface area contributed by atoms with Crippen molar-refractivity contribution in [3.63, 3.8) is 0 Å². The van der Waals surface area contributed by atoms with Crippen LogP contribution in [-0.4, -0.2) is 10.1 Å². The minimum atomic E-state index is 0.281. The Balaban J connectivity index is 1.61. The number of anilines is 1. The Morgan fingerprint density at radius 2 is 2.28 bits per heavy atom. The van der Waals surface area contributed by atoms with Crippen LogP contribution in [0.4, 0.5) is 5.69 Å². The zero-order chi connectivity index (χ0) is 12.4. The van der Waals surface area contributed by atoms with Gasteiger partial charge < -0.3 is 15.0 Å². The van der Waals surface area contributed by atoms with Crippen molar-refractivity contribution in [2.24, 2.45) is 0 Å². The molecule has 1 aromatic carbocycles. The first kappa shape index (κ1) is 11.1. The molecule has 5 heteroatoms. The van der Waals surface area contributed by atoms with Crippen LogP contribution in [0, 0.1) is 0 Å². The van der Waals surface area contributed by atoms with Crippen molar-refractivity contribution in [2.45, 2.75) is 31.8 Å². The van der Waals surface area contributed by atoms with E-state index in [0.717, 1.165) is 18.7 Å². The maximum absolute atomic E-state index is 5.67. The summed E-state index contributed by atoms with van der Waals surface area (Å²) < 4.78 is 10.7. The van der Waals surface area contributed by atoms with Crippen molar-refractivity contribution in [3.05, 3.63) is 36.0 Å². The number of aromatic nitrogens is 2. The fourth-order valence-electron chi connectivity index (χ4n) is 1.91. The van der Waals surface area contributed by atoms with E-state index in [1.54, 1.807) is 6.07 Å². The third-order valence-electron chi connectivity index (χ3n) is 3.17. The molecule has 1 aromatic heterocycles. The predicted octanol–water partition coefficient (Wildman–Crippen LogP) is 2.50. The van der Waals surface area contributed by atoms with Crippen LogP contribution in [-0.2, 0) is 6.61 Å². The molecule has 0 amide bonds. The van der Waals surface area contributed by atoms with Gasteiger partial charge in [-0.05, 0) is 25.0 Å². The Morgan fingerprint density at radius 3 is 3.00 bits per heavy atom. The minimum Gasteiger partial charge on any atom is -0.484 e. The van der Waals surface area contributed by atoms with Crippen LogP contribution < -0.4 is 10.5 Å². The topological polar surface area (TPSA) is 74.2 Å². The van der Waals surface area contributed by atoms with Crippen LogP contribution in [0.15, 0.2) is 28.8 Å². The van der Waals surface area contributed by atoms with Crippen LogP contribution >= 0.6 is 0 Å². The van der Waals surface area contributed by atoms with Gasteiger partial charge in [0.2, 0.25) is 0 Å². The smallest absolute Gasteiger partial charge is 0.264 e. The Labute approximate surface area is 105 Å². The lowest BCUT2D eigenvalue weighted by Gasteiger charge is -2.20. The summed E-state index contributed by atoms with van der Waals surface area (Å²) in [5, 5.41) is 3.98. The second-order valence-corrected chi connectivity index (χ2v) is 4.54. The highest BCUT2D eigenvalue weighted by Crippen LogP contribution is 2.34. The first-order chi connectivity index (χ1) is 8.81. The van der Waals surface area contributed by atoms with E-state index in [4.69, 9.17) is 15.0 Å². The van der Waals surface area contributed by atoms with Crippen LogP contribution in [0.3, 0.4) is 0 Å². The van der Waals surface area contributed by atoms with Gasteiger partial charge in [0.25, 0.3) is 5.89 Å². The molecule has 0 bridgehead atoms. The molecule has 2 aromatic rings. The molecule has 3 rings (SSSR count). The predicted molar refractivity (Wildman–Crippen MR) is 66.1 cm³/mol. The number of nitrogens with zero attached hydrogens (tertiary/aromatic N) is 2. The summed E-state index contributed by atoms with van der Waals surface area (Å²) in [4.78, 5) is 4.34. The molecule has 1 heterocycles. The number of ether oxygens (including phenoxy) is 1. The maximum Gasteiger partial charge on any atom is 0.264 e. The lowest BCUT2D eigenvalue weighted by Crippen LogP contribution is -2.10. The molecule has 0 radical (unpaired) electrons. The van der Waals surface area contributed by atoms with E-state index >= 15 is 0 Å². The van der Waals surface area contributed by atoms with Gasteiger partial charge in [0, 0.05) is 17.7 Å². The lowest BCUT2D eigenvalue weighted by atomic mass is 9.85. The average Bonchev–Trinajstić information content (AvgIpc) is 2.73. The summed E-state index contributed by atoms with van der Waals surface area (Å²) in [5.41, 5.74) is 6.34. The van der Waals surface area contributed by atoms with E-state index < -0.39 is 0 Å². The van der Waals surface area contributed by atoms with Gasteiger partial charge in [0.15, 0.2) is 12.4 Å². The zero-order valence-corrected chi connectivity index (χ0v) is 10.0. The highest BCUT2D eigenvalue weighted by molar-refractivity contribution is 5.43. The first-order valence-corrected chi connectivity index (χ1v) is 6.12. The Hall–Kier alpha value is -2.04. The second kappa shape index (κ2) is 4.68. The van der Waals surface area contributed by atoms with Crippen LogP contribution in [0.25, 0.3) is 0 Å². The molecule has 1 aliphatic rings. The van der Waals surface area contributed by atoms with Gasteiger partial charge in [-0.3, -0.25) is 0 Å². The molecule has 0 atom stereocenters. The Kier molecular flexibility index (Phi) is 2.88. The number of rotatable bonds is 4. The normalized spacial score (nSPS) is 15.3. The van der Waals surface area contributed by atoms with E-state index in [0.29, 0.717) is 23.2 Å². The summed E-state index contributed by atoms with van der Waals surface area (Å²) in [5.74, 6) is 2.51. The summed E-state index contributed by atoms with van der Waals surface area (Å²) in [6, 6.07) is 7.27. The van der Waals surface area contributed by atoms with Gasteiger partial charge in [-0.2, -0.15) is 4.98 Å². The fraction of sp³-hybridized carbons (Fsp3) is 0.385. The van der Waals surface area contributed by atoms with Gasteiger partial charge in [-0.25, -0.2) is 0 Å². The van der Waals surface area contributed by atoms with Crippen molar-refractivity contribution >= 4 is 5.69 Å². The number of nitrogens with two attached hydrogens (primary N) is 1. The lowest BCUT2D eigenvalue weighted by molar-refractivity contribution is 0.241. The third-order valence-corrected chi connectivity index (χ3v) is 3.17. The van der Waals surface area contributed by atoms with Crippen molar-refractivity contribution in [1.29, 1.82) is 0 Å². The van der Waals surface area contributed by atoms with E-state index in [9.17, 15) is 0 Å². The van der Waals surface area contributed by atoms with Gasteiger partial charge in [0.1, 0.15) is 5.75 Å². The number of nitrogen functional groups attached to an aromatic ring is 1.